The second-order valence-electron chi connectivity index (χ2n) is 7.37. The smallest absolute Gasteiger partial charge is 0.347 e. The number of aryl methyl sites for hydroxylation is 1. The van der Waals surface area contributed by atoms with Crippen LogP contribution in [0.15, 0.2) is 21.3 Å². The zero-order valence-corrected chi connectivity index (χ0v) is 18.3. The Labute approximate surface area is 180 Å². The molecule has 0 amide bonds. The van der Waals surface area contributed by atoms with Gasteiger partial charge in [-0.3, -0.25) is 0 Å². The molecule has 2 atom stereocenters. The van der Waals surface area contributed by atoms with Gasteiger partial charge >= 0.3 is 17.6 Å². The Balaban J connectivity index is 2.08. The van der Waals surface area contributed by atoms with Crippen LogP contribution in [0.5, 0.6) is 11.5 Å². The molecular formula is C23H28O8. The quantitative estimate of drug-likeness (QED) is 0.462. The second-order valence-corrected chi connectivity index (χ2v) is 7.37. The molecule has 0 unspecified atom stereocenters. The predicted octanol–water partition coefficient (Wildman–Crippen LogP) is 3.33. The Bertz CT molecular complexity index is 1020. The van der Waals surface area contributed by atoms with E-state index in [1.54, 1.807) is 39.8 Å². The third kappa shape index (κ3) is 5.00. The van der Waals surface area contributed by atoms with Crippen LogP contribution in [-0.2, 0) is 31.9 Å². The van der Waals surface area contributed by atoms with Crippen molar-refractivity contribution in [2.75, 3.05) is 13.2 Å². The molecular weight excluding hydrogens is 404 g/mol. The molecule has 0 bridgehead atoms. The number of hydrogen-bond acceptors (Lipinski definition) is 8. The largest absolute Gasteiger partial charge is 0.479 e. The highest BCUT2D eigenvalue weighted by Gasteiger charge is 2.25. The van der Waals surface area contributed by atoms with Crippen LogP contribution >= 0.6 is 0 Å². The van der Waals surface area contributed by atoms with Crippen LogP contribution in [-0.4, -0.2) is 37.4 Å². The normalized spacial score (nSPS) is 15.0. The van der Waals surface area contributed by atoms with E-state index < -0.39 is 24.1 Å². The van der Waals surface area contributed by atoms with Crippen LogP contribution in [0.3, 0.4) is 0 Å². The highest BCUT2D eigenvalue weighted by Crippen LogP contribution is 2.37. The third-order valence-electron chi connectivity index (χ3n) is 5.11. The van der Waals surface area contributed by atoms with Crippen molar-refractivity contribution in [1.29, 1.82) is 0 Å². The average molecular weight is 432 g/mol. The van der Waals surface area contributed by atoms with Crippen LogP contribution in [0, 0.1) is 0 Å². The maximum absolute atomic E-state index is 12.5. The van der Waals surface area contributed by atoms with Gasteiger partial charge in [-0.15, -0.1) is 0 Å². The molecule has 31 heavy (non-hydrogen) atoms. The minimum absolute atomic E-state index is 0.233. The monoisotopic (exact) mass is 432 g/mol. The van der Waals surface area contributed by atoms with E-state index in [1.807, 2.05) is 0 Å². The first kappa shape index (κ1) is 22.7. The fourth-order valence-corrected chi connectivity index (χ4v) is 3.68. The molecule has 3 rings (SSSR count). The van der Waals surface area contributed by atoms with Gasteiger partial charge in [0.1, 0.15) is 17.1 Å². The number of hydrogen-bond donors (Lipinski definition) is 0. The van der Waals surface area contributed by atoms with Gasteiger partial charge in [0.15, 0.2) is 12.2 Å². The fraction of sp³-hybridized carbons (Fsp3) is 0.522. The highest BCUT2D eigenvalue weighted by atomic mass is 16.6. The van der Waals surface area contributed by atoms with Crippen LogP contribution in [0.25, 0.3) is 11.0 Å². The maximum atomic E-state index is 12.5. The molecule has 168 valence electrons. The van der Waals surface area contributed by atoms with Crippen molar-refractivity contribution in [3.63, 3.8) is 0 Å². The molecule has 0 spiro atoms. The number of rotatable bonds is 8. The summed E-state index contributed by atoms with van der Waals surface area (Å²) >= 11 is 0. The number of esters is 2. The molecule has 0 fully saturated rings. The van der Waals surface area contributed by atoms with Gasteiger partial charge in [-0.1, -0.05) is 0 Å². The lowest BCUT2D eigenvalue weighted by Gasteiger charge is -2.21. The van der Waals surface area contributed by atoms with Gasteiger partial charge < -0.3 is 23.4 Å². The zero-order chi connectivity index (χ0) is 22.5. The molecule has 1 heterocycles. The van der Waals surface area contributed by atoms with E-state index in [2.05, 4.69) is 0 Å². The summed E-state index contributed by atoms with van der Waals surface area (Å²) in [6.45, 7) is 7.04. The minimum Gasteiger partial charge on any atom is -0.479 e. The van der Waals surface area contributed by atoms with E-state index in [0.29, 0.717) is 29.5 Å². The van der Waals surface area contributed by atoms with Gasteiger partial charge in [0.05, 0.1) is 18.6 Å². The van der Waals surface area contributed by atoms with E-state index in [0.717, 1.165) is 18.4 Å². The summed E-state index contributed by atoms with van der Waals surface area (Å²) in [5.41, 5.74) is 1.40. The predicted molar refractivity (Wildman–Crippen MR) is 113 cm³/mol. The number of ether oxygens (including phenoxy) is 4. The van der Waals surface area contributed by atoms with E-state index >= 15 is 0 Å². The highest BCUT2D eigenvalue weighted by molar-refractivity contribution is 5.90. The van der Waals surface area contributed by atoms with E-state index in [9.17, 15) is 14.4 Å². The van der Waals surface area contributed by atoms with Crippen molar-refractivity contribution in [1.82, 2.24) is 0 Å². The van der Waals surface area contributed by atoms with Crippen molar-refractivity contribution >= 4 is 22.9 Å². The molecule has 0 saturated heterocycles. The first-order valence-electron chi connectivity index (χ1n) is 10.6. The summed E-state index contributed by atoms with van der Waals surface area (Å²) in [6, 6.07) is 3.16. The minimum atomic E-state index is -0.882. The topological polar surface area (TPSA) is 101 Å². The van der Waals surface area contributed by atoms with Crippen molar-refractivity contribution in [3.05, 3.63) is 33.7 Å². The molecule has 8 nitrogen and oxygen atoms in total. The molecule has 8 heteroatoms. The molecule has 0 radical (unpaired) electrons. The first-order chi connectivity index (χ1) is 14.8. The van der Waals surface area contributed by atoms with Gasteiger partial charge in [0.25, 0.3) is 0 Å². The zero-order valence-electron chi connectivity index (χ0n) is 18.3. The lowest BCUT2D eigenvalue weighted by molar-refractivity contribution is -0.151. The maximum Gasteiger partial charge on any atom is 0.347 e. The van der Waals surface area contributed by atoms with Crippen molar-refractivity contribution in [2.24, 2.45) is 0 Å². The Morgan fingerprint density at radius 1 is 0.935 bits per heavy atom. The number of benzene rings is 1. The van der Waals surface area contributed by atoms with E-state index in [1.165, 1.54) is 0 Å². The van der Waals surface area contributed by atoms with Crippen LogP contribution in [0.4, 0.5) is 0 Å². The summed E-state index contributed by atoms with van der Waals surface area (Å²) in [7, 11) is 0. The van der Waals surface area contributed by atoms with Gasteiger partial charge in [-0.25, -0.2) is 14.4 Å². The number of fused-ring (bicyclic) bond motifs is 3. The van der Waals surface area contributed by atoms with Gasteiger partial charge in [0.2, 0.25) is 0 Å². The van der Waals surface area contributed by atoms with Gasteiger partial charge in [0, 0.05) is 17.7 Å². The van der Waals surface area contributed by atoms with E-state index in [4.69, 9.17) is 23.4 Å². The summed E-state index contributed by atoms with van der Waals surface area (Å²) < 4.78 is 27.3. The molecule has 1 aromatic carbocycles. The van der Waals surface area contributed by atoms with Gasteiger partial charge in [-0.2, -0.15) is 0 Å². The fourth-order valence-electron chi connectivity index (χ4n) is 3.68. The van der Waals surface area contributed by atoms with E-state index in [-0.39, 0.29) is 30.2 Å². The van der Waals surface area contributed by atoms with Crippen molar-refractivity contribution in [2.45, 2.75) is 65.6 Å². The van der Waals surface area contributed by atoms with Gasteiger partial charge in [-0.05, 0) is 58.9 Å². The van der Waals surface area contributed by atoms with Crippen LogP contribution < -0.4 is 15.1 Å². The molecule has 0 aliphatic heterocycles. The number of carbonyl (C=O) groups is 2. The average Bonchev–Trinajstić information content (AvgIpc) is 2.74. The summed E-state index contributed by atoms with van der Waals surface area (Å²) in [5.74, 6) is -0.422. The summed E-state index contributed by atoms with van der Waals surface area (Å²) in [6.07, 6.45) is 1.44. The number of carbonyl (C=O) groups excluding carboxylic acids is 2. The standard InChI is InChI=1S/C23H28O8/c1-5-27-21(24)13(3)29-15-11-18(30-14(4)22(25)28-6-2)20-16-9-7-8-10-17(16)23(26)31-19(20)12-15/h11-14H,5-10H2,1-4H3/t13-,14+/m1/s1. The Hall–Kier alpha value is -3.03. The summed E-state index contributed by atoms with van der Waals surface area (Å²) in [5, 5.41) is 0.640. The van der Waals surface area contributed by atoms with Crippen LogP contribution in [0.1, 0.15) is 51.7 Å². The molecule has 0 N–H and O–H groups in total. The molecule has 1 aromatic heterocycles. The third-order valence-corrected chi connectivity index (χ3v) is 5.11. The second kappa shape index (κ2) is 9.85. The van der Waals surface area contributed by atoms with Crippen molar-refractivity contribution < 1.29 is 33.0 Å². The first-order valence-corrected chi connectivity index (χ1v) is 10.6. The Morgan fingerprint density at radius 3 is 2.13 bits per heavy atom. The molecule has 2 aromatic rings. The summed E-state index contributed by atoms with van der Waals surface area (Å²) in [4.78, 5) is 36.6. The lowest BCUT2D eigenvalue weighted by atomic mass is 9.90. The van der Waals surface area contributed by atoms with Crippen molar-refractivity contribution in [3.8, 4) is 11.5 Å². The Kier molecular flexibility index (Phi) is 7.20. The molecule has 1 aliphatic rings. The van der Waals surface area contributed by atoms with Crippen LogP contribution in [0.2, 0.25) is 0 Å². The Morgan fingerprint density at radius 2 is 1.52 bits per heavy atom. The molecule has 0 saturated carbocycles. The lowest BCUT2D eigenvalue weighted by Crippen LogP contribution is -2.27. The molecule has 1 aliphatic carbocycles. The SMILES string of the molecule is CCOC(=O)[C@H](C)Oc1cc(O[C@H](C)C(=O)OCC)cc2oc(=O)c3c(c12)CCCC3.